The number of aromatic nitrogens is 1. The second-order valence-corrected chi connectivity index (χ2v) is 7.49. The van der Waals surface area contributed by atoms with Gasteiger partial charge in [-0.2, -0.15) is 0 Å². The van der Waals surface area contributed by atoms with Crippen molar-refractivity contribution < 1.29 is 14.5 Å². The van der Waals surface area contributed by atoms with E-state index in [1.807, 2.05) is 13.0 Å². The molecule has 3 rings (SSSR count). The SMILES string of the molecule is CCC/C=c1\sc2n(c1=O)C(C)=C(C(=O)OCC)[C@@H](c1cccc([N+](=O)[O-])c1)N=2. The van der Waals surface area contributed by atoms with Gasteiger partial charge in [0.2, 0.25) is 0 Å². The number of ether oxygens (including phenoxy) is 1. The van der Waals surface area contributed by atoms with Crippen LogP contribution in [0.1, 0.15) is 45.2 Å². The summed E-state index contributed by atoms with van der Waals surface area (Å²) in [5.41, 5.74) is 0.820. The summed E-state index contributed by atoms with van der Waals surface area (Å²) in [4.78, 5) is 41.3. The monoisotopic (exact) mass is 415 g/mol. The summed E-state index contributed by atoms with van der Waals surface area (Å²) in [5, 5.41) is 11.2. The number of non-ortho nitro benzene ring substituents is 1. The van der Waals surface area contributed by atoms with Crippen LogP contribution >= 0.6 is 11.3 Å². The van der Waals surface area contributed by atoms with E-state index in [1.165, 1.54) is 28.0 Å². The van der Waals surface area contributed by atoms with Crippen molar-refractivity contribution in [2.45, 2.75) is 39.7 Å². The normalized spacial score (nSPS) is 16.4. The number of carbonyl (C=O) groups excluding carboxylic acids is 1. The molecule has 0 spiro atoms. The maximum absolute atomic E-state index is 12.8. The van der Waals surface area contributed by atoms with Crippen LogP contribution in [0, 0.1) is 10.1 Å². The molecule has 0 unspecified atom stereocenters. The number of unbranched alkanes of at least 4 members (excludes halogenated alkanes) is 1. The van der Waals surface area contributed by atoms with E-state index in [0.29, 0.717) is 20.6 Å². The number of carbonyl (C=O) groups is 1. The van der Waals surface area contributed by atoms with Crippen LogP contribution in [0.15, 0.2) is 39.6 Å². The van der Waals surface area contributed by atoms with Crippen molar-refractivity contribution in [2.75, 3.05) is 6.61 Å². The summed E-state index contributed by atoms with van der Waals surface area (Å²) in [7, 11) is 0. The Hall–Kier alpha value is -3.07. The molecule has 9 heteroatoms. The molecule has 0 bridgehead atoms. The third kappa shape index (κ3) is 3.91. The van der Waals surface area contributed by atoms with Crippen LogP contribution in [-0.2, 0) is 9.53 Å². The number of nitro benzene ring substituents is 1. The van der Waals surface area contributed by atoms with Crippen molar-refractivity contribution in [3.8, 4) is 0 Å². The maximum atomic E-state index is 12.8. The maximum Gasteiger partial charge on any atom is 0.338 e. The van der Waals surface area contributed by atoms with Gasteiger partial charge in [0.1, 0.15) is 6.04 Å². The second-order valence-electron chi connectivity index (χ2n) is 6.49. The van der Waals surface area contributed by atoms with Gasteiger partial charge in [-0.05, 0) is 25.8 Å². The average molecular weight is 415 g/mol. The summed E-state index contributed by atoms with van der Waals surface area (Å²) in [6.07, 6.45) is 3.54. The molecule has 1 aliphatic heterocycles. The minimum atomic E-state index is -0.786. The van der Waals surface area contributed by atoms with Gasteiger partial charge in [0.25, 0.3) is 11.2 Å². The Balaban J connectivity index is 2.28. The molecule has 1 aliphatic rings. The quantitative estimate of drug-likeness (QED) is 0.410. The highest BCUT2D eigenvalue weighted by atomic mass is 32.1. The van der Waals surface area contributed by atoms with E-state index in [4.69, 9.17) is 4.74 Å². The minimum absolute atomic E-state index is 0.0929. The van der Waals surface area contributed by atoms with E-state index in [2.05, 4.69) is 4.99 Å². The molecule has 0 amide bonds. The Morgan fingerprint density at radius 3 is 2.83 bits per heavy atom. The van der Waals surface area contributed by atoms with Crippen molar-refractivity contribution in [1.82, 2.24) is 4.57 Å². The largest absolute Gasteiger partial charge is 0.463 e. The van der Waals surface area contributed by atoms with Crippen molar-refractivity contribution in [3.05, 3.63) is 65.2 Å². The molecule has 1 aromatic carbocycles. The predicted molar refractivity (Wildman–Crippen MR) is 110 cm³/mol. The topological polar surface area (TPSA) is 104 Å². The van der Waals surface area contributed by atoms with Crippen LogP contribution in [0.3, 0.4) is 0 Å². The molecule has 0 fully saturated rings. The third-order valence-corrected chi connectivity index (χ3v) is 5.59. The van der Waals surface area contributed by atoms with E-state index in [1.54, 1.807) is 26.0 Å². The Bertz CT molecular complexity index is 1180. The molecule has 2 aromatic rings. The number of nitrogens with zero attached hydrogens (tertiary/aromatic N) is 3. The number of hydrogen-bond donors (Lipinski definition) is 0. The van der Waals surface area contributed by atoms with Crippen molar-refractivity contribution in [3.63, 3.8) is 0 Å². The van der Waals surface area contributed by atoms with Crippen LogP contribution in [0.25, 0.3) is 11.8 Å². The standard InChI is InChI=1S/C20H21N3O5S/c1-4-6-10-15-18(24)22-12(3)16(19(25)28-5-2)17(21-20(22)29-15)13-8-7-9-14(11-13)23(26)27/h7-11,17H,4-6H2,1-3H3/b15-10-/t17-/m1/s1. The van der Waals surface area contributed by atoms with E-state index in [9.17, 15) is 19.7 Å². The predicted octanol–water partition coefficient (Wildman–Crippen LogP) is 2.57. The van der Waals surface area contributed by atoms with E-state index >= 15 is 0 Å². The molecule has 2 heterocycles. The highest BCUT2D eigenvalue weighted by Crippen LogP contribution is 2.33. The number of esters is 1. The third-order valence-electron chi connectivity index (χ3n) is 4.56. The fourth-order valence-corrected chi connectivity index (χ4v) is 4.23. The smallest absolute Gasteiger partial charge is 0.338 e. The van der Waals surface area contributed by atoms with E-state index in [-0.39, 0.29) is 23.4 Å². The molecule has 8 nitrogen and oxygen atoms in total. The molecule has 152 valence electrons. The number of nitro groups is 1. The zero-order chi connectivity index (χ0) is 21.1. The summed E-state index contributed by atoms with van der Waals surface area (Å²) in [6, 6.07) is 5.22. The lowest BCUT2D eigenvalue weighted by Gasteiger charge is -2.22. The van der Waals surface area contributed by atoms with Gasteiger partial charge in [-0.25, -0.2) is 9.79 Å². The lowest BCUT2D eigenvalue weighted by atomic mass is 9.96. The lowest BCUT2D eigenvalue weighted by Crippen LogP contribution is -2.35. The van der Waals surface area contributed by atoms with Crippen LogP contribution in [0.4, 0.5) is 5.69 Å². The zero-order valence-corrected chi connectivity index (χ0v) is 17.2. The molecule has 0 N–H and O–H groups in total. The molecular weight excluding hydrogens is 394 g/mol. The molecule has 0 aliphatic carbocycles. The zero-order valence-electron chi connectivity index (χ0n) is 16.4. The first kappa shape index (κ1) is 20.7. The summed E-state index contributed by atoms with van der Waals surface area (Å²) >= 11 is 1.25. The van der Waals surface area contributed by atoms with Crippen LogP contribution in [0.5, 0.6) is 0 Å². The van der Waals surface area contributed by atoms with E-state index < -0.39 is 16.9 Å². The van der Waals surface area contributed by atoms with Crippen LogP contribution < -0.4 is 14.9 Å². The first-order chi connectivity index (χ1) is 13.9. The molecule has 0 radical (unpaired) electrons. The molecule has 0 saturated heterocycles. The number of hydrogen-bond acceptors (Lipinski definition) is 7. The van der Waals surface area contributed by atoms with Crippen LogP contribution in [-0.4, -0.2) is 22.1 Å². The number of allylic oxidation sites excluding steroid dienone is 1. The summed E-state index contributed by atoms with van der Waals surface area (Å²) < 4.78 is 7.18. The Morgan fingerprint density at radius 2 is 2.17 bits per heavy atom. The molecule has 1 atom stereocenters. The van der Waals surface area contributed by atoms with Gasteiger partial charge in [-0.1, -0.05) is 42.9 Å². The molecule has 0 saturated carbocycles. The van der Waals surface area contributed by atoms with Gasteiger partial charge < -0.3 is 4.74 Å². The highest BCUT2D eigenvalue weighted by molar-refractivity contribution is 7.07. The Morgan fingerprint density at radius 1 is 1.41 bits per heavy atom. The number of fused-ring (bicyclic) bond motifs is 1. The summed E-state index contributed by atoms with van der Waals surface area (Å²) in [5.74, 6) is -0.590. The summed E-state index contributed by atoms with van der Waals surface area (Å²) in [6.45, 7) is 5.55. The molecule has 29 heavy (non-hydrogen) atoms. The number of benzene rings is 1. The van der Waals surface area contributed by atoms with Gasteiger partial charge in [0.05, 0.1) is 21.6 Å². The number of rotatable bonds is 6. The molecular formula is C20H21N3O5S. The van der Waals surface area contributed by atoms with Gasteiger partial charge in [0, 0.05) is 17.8 Å². The van der Waals surface area contributed by atoms with Crippen molar-refractivity contribution in [2.24, 2.45) is 4.99 Å². The van der Waals surface area contributed by atoms with Crippen molar-refractivity contribution >= 4 is 34.8 Å². The van der Waals surface area contributed by atoms with Crippen LogP contribution in [0.2, 0.25) is 0 Å². The first-order valence-corrected chi connectivity index (χ1v) is 10.1. The lowest BCUT2D eigenvalue weighted by molar-refractivity contribution is -0.384. The first-order valence-electron chi connectivity index (χ1n) is 9.31. The second kappa shape index (κ2) is 8.52. The van der Waals surface area contributed by atoms with Gasteiger partial charge in [-0.3, -0.25) is 19.5 Å². The number of thiazole rings is 1. The van der Waals surface area contributed by atoms with Crippen molar-refractivity contribution in [1.29, 1.82) is 0 Å². The van der Waals surface area contributed by atoms with E-state index in [0.717, 1.165) is 12.8 Å². The Kier molecular flexibility index (Phi) is 6.07. The van der Waals surface area contributed by atoms with Gasteiger partial charge >= 0.3 is 5.97 Å². The fourth-order valence-electron chi connectivity index (χ4n) is 3.18. The molecule has 1 aromatic heterocycles. The van der Waals surface area contributed by atoms with Gasteiger partial charge in [-0.15, -0.1) is 0 Å². The minimum Gasteiger partial charge on any atom is -0.463 e. The highest BCUT2D eigenvalue weighted by Gasteiger charge is 2.32. The Labute approximate surface area is 170 Å². The fraction of sp³-hybridized carbons (Fsp3) is 0.350. The average Bonchev–Trinajstić information content (AvgIpc) is 3.02. The van der Waals surface area contributed by atoms with Gasteiger partial charge in [0.15, 0.2) is 4.80 Å².